The molecule has 0 unspecified atom stereocenters. The first-order valence-corrected chi connectivity index (χ1v) is 9.34. The summed E-state index contributed by atoms with van der Waals surface area (Å²) in [6.45, 7) is 2.05. The molecular weight excluding hydrogens is 413 g/mol. The summed E-state index contributed by atoms with van der Waals surface area (Å²) in [6, 6.07) is 10.7. The standard InChI is InChI=1S/C22H17F3N2O4/c1-12-14(16-10-13(31-22(23,24)25)6-7-18(16)27-12)8-9-26-11-17-20(28)15-4-2-3-5-19(15)30-21(17)29/h2-7,10-11,27-28H,8-9H2,1H3. The zero-order valence-electron chi connectivity index (χ0n) is 16.3. The SMILES string of the molecule is Cc1[nH]c2ccc(OC(F)(F)F)cc2c1CCN=Cc1c(O)c2ccccc2oc1=O. The van der Waals surface area contributed by atoms with Gasteiger partial charge in [0.25, 0.3) is 0 Å². The smallest absolute Gasteiger partial charge is 0.506 e. The third kappa shape index (κ3) is 4.25. The molecule has 4 aromatic rings. The summed E-state index contributed by atoms with van der Waals surface area (Å²) in [5.41, 5.74) is 1.76. The Morgan fingerprint density at radius 2 is 1.97 bits per heavy atom. The molecule has 0 amide bonds. The lowest BCUT2D eigenvalue weighted by Crippen LogP contribution is -2.16. The molecule has 0 aliphatic heterocycles. The van der Waals surface area contributed by atoms with E-state index in [0.29, 0.717) is 22.7 Å². The molecule has 2 heterocycles. The number of ether oxygens (including phenoxy) is 1. The quantitative estimate of drug-likeness (QED) is 0.350. The van der Waals surface area contributed by atoms with Crippen molar-refractivity contribution in [3.05, 3.63) is 69.7 Å². The van der Waals surface area contributed by atoms with Crippen LogP contribution >= 0.6 is 0 Å². The second kappa shape index (κ2) is 7.82. The number of alkyl halides is 3. The lowest BCUT2D eigenvalue weighted by atomic mass is 10.1. The van der Waals surface area contributed by atoms with E-state index in [9.17, 15) is 23.1 Å². The van der Waals surface area contributed by atoms with Crippen LogP contribution in [-0.4, -0.2) is 29.2 Å². The van der Waals surface area contributed by atoms with Crippen LogP contribution in [0.3, 0.4) is 0 Å². The number of halogens is 3. The molecular formula is C22H17F3N2O4. The number of para-hydroxylation sites is 1. The molecule has 160 valence electrons. The zero-order valence-corrected chi connectivity index (χ0v) is 16.3. The maximum absolute atomic E-state index is 12.5. The number of aliphatic imine (C=N–C) groups is 1. The van der Waals surface area contributed by atoms with Gasteiger partial charge in [-0.2, -0.15) is 0 Å². The highest BCUT2D eigenvalue weighted by molar-refractivity contribution is 5.93. The first kappa shape index (κ1) is 20.5. The number of benzene rings is 2. The third-order valence-corrected chi connectivity index (χ3v) is 4.86. The van der Waals surface area contributed by atoms with E-state index in [0.717, 1.165) is 11.3 Å². The van der Waals surface area contributed by atoms with Crippen LogP contribution in [0.1, 0.15) is 16.8 Å². The Kier molecular flexibility index (Phi) is 5.18. The lowest BCUT2D eigenvalue weighted by molar-refractivity contribution is -0.274. The topological polar surface area (TPSA) is 87.8 Å². The van der Waals surface area contributed by atoms with Crippen LogP contribution in [0.25, 0.3) is 21.9 Å². The van der Waals surface area contributed by atoms with Gasteiger partial charge in [0.05, 0.1) is 5.39 Å². The van der Waals surface area contributed by atoms with E-state index < -0.39 is 12.0 Å². The summed E-state index contributed by atoms with van der Waals surface area (Å²) in [4.78, 5) is 19.5. The summed E-state index contributed by atoms with van der Waals surface area (Å²) in [6.07, 6.45) is -3.13. The van der Waals surface area contributed by atoms with Crippen molar-refractivity contribution in [3.8, 4) is 11.5 Å². The maximum Gasteiger partial charge on any atom is 0.573 e. The van der Waals surface area contributed by atoms with Gasteiger partial charge >= 0.3 is 12.0 Å². The Morgan fingerprint density at radius 1 is 1.19 bits per heavy atom. The molecule has 31 heavy (non-hydrogen) atoms. The number of hydrogen-bond donors (Lipinski definition) is 2. The molecule has 9 heteroatoms. The van der Waals surface area contributed by atoms with Gasteiger partial charge in [-0.25, -0.2) is 4.79 Å². The van der Waals surface area contributed by atoms with Crippen molar-refractivity contribution in [2.75, 3.05) is 6.54 Å². The minimum absolute atomic E-state index is 0.0600. The summed E-state index contributed by atoms with van der Waals surface area (Å²) in [7, 11) is 0. The second-order valence-corrected chi connectivity index (χ2v) is 6.92. The summed E-state index contributed by atoms with van der Waals surface area (Å²) in [5, 5.41) is 11.4. The van der Waals surface area contributed by atoms with Gasteiger partial charge in [0, 0.05) is 29.4 Å². The number of nitrogens with zero attached hydrogens (tertiary/aromatic N) is 1. The predicted octanol–water partition coefficient (Wildman–Crippen LogP) is 4.85. The molecule has 2 aromatic heterocycles. The molecule has 2 aromatic carbocycles. The minimum atomic E-state index is -4.77. The number of H-pyrrole nitrogens is 1. The highest BCUT2D eigenvalue weighted by atomic mass is 19.4. The van der Waals surface area contributed by atoms with Crippen LogP contribution in [0.15, 0.2) is 56.7 Å². The number of nitrogens with one attached hydrogen (secondary N) is 1. The van der Waals surface area contributed by atoms with Gasteiger partial charge in [0.1, 0.15) is 22.6 Å². The number of aryl methyl sites for hydroxylation is 1. The zero-order chi connectivity index (χ0) is 22.2. The Hall–Kier alpha value is -3.75. The molecule has 0 atom stereocenters. The van der Waals surface area contributed by atoms with Crippen molar-refractivity contribution >= 4 is 28.1 Å². The Labute approximate surface area is 173 Å². The Bertz CT molecular complexity index is 1350. The average molecular weight is 430 g/mol. The van der Waals surface area contributed by atoms with Crippen LogP contribution in [0.4, 0.5) is 13.2 Å². The van der Waals surface area contributed by atoms with E-state index >= 15 is 0 Å². The molecule has 0 saturated heterocycles. The second-order valence-electron chi connectivity index (χ2n) is 6.92. The fourth-order valence-corrected chi connectivity index (χ4v) is 3.47. The monoisotopic (exact) mass is 430 g/mol. The largest absolute Gasteiger partial charge is 0.573 e. The number of aromatic amines is 1. The van der Waals surface area contributed by atoms with Gasteiger partial charge in [-0.3, -0.25) is 4.99 Å². The van der Waals surface area contributed by atoms with Crippen molar-refractivity contribution in [1.29, 1.82) is 0 Å². The van der Waals surface area contributed by atoms with Crippen molar-refractivity contribution in [2.24, 2.45) is 4.99 Å². The molecule has 0 fully saturated rings. The number of aromatic nitrogens is 1. The van der Waals surface area contributed by atoms with E-state index in [4.69, 9.17) is 4.42 Å². The number of fused-ring (bicyclic) bond motifs is 2. The maximum atomic E-state index is 12.5. The average Bonchev–Trinajstić information content (AvgIpc) is 3.00. The van der Waals surface area contributed by atoms with Gasteiger partial charge in [0.2, 0.25) is 0 Å². The van der Waals surface area contributed by atoms with Gasteiger partial charge < -0.3 is 19.2 Å². The molecule has 2 N–H and O–H groups in total. The van der Waals surface area contributed by atoms with E-state index in [2.05, 4.69) is 14.7 Å². The summed E-state index contributed by atoms with van der Waals surface area (Å²) in [5.74, 6) is -0.518. The van der Waals surface area contributed by atoms with E-state index in [1.54, 1.807) is 24.3 Å². The van der Waals surface area contributed by atoms with Gasteiger partial charge in [-0.1, -0.05) is 12.1 Å². The van der Waals surface area contributed by atoms with Gasteiger partial charge in [-0.15, -0.1) is 13.2 Å². The van der Waals surface area contributed by atoms with Crippen LogP contribution in [0.5, 0.6) is 11.5 Å². The molecule has 4 rings (SSSR count). The lowest BCUT2D eigenvalue weighted by Gasteiger charge is -2.09. The Balaban J connectivity index is 1.57. The van der Waals surface area contributed by atoms with Crippen LogP contribution in [-0.2, 0) is 6.42 Å². The summed E-state index contributed by atoms with van der Waals surface area (Å²) >= 11 is 0. The van der Waals surface area contributed by atoms with Gasteiger partial charge in [0.15, 0.2) is 0 Å². The summed E-state index contributed by atoms with van der Waals surface area (Å²) < 4.78 is 46.7. The number of aromatic hydroxyl groups is 1. The fourth-order valence-electron chi connectivity index (χ4n) is 3.47. The highest BCUT2D eigenvalue weighted by Crippen LogP contribution is 2.30. The van der Waals surface area contributed by atoms with Crippen LogP contribution in [0, 0.1) is 6.92 Å². The first-order valence-electron chi connectivity index (χ1n) is 9.34. The number of rotatable bonds is 5. The molecule has 0 aliphatic rings. The normalized spacial score (nSPS) is 12.3. The third-order valence-electron chi connectivity index (χ3n) is 4.86. The van der Waals surface area contributed by atoms with Gasteiger partial charge in [-0.05, 0) is 49.2 Å². The van der Waals surface area contributed by atoms with E-state index in [-0.39, 0.29) is 29.2 Å². The molecule has 0 bridgehead atoms. The van der Waals surface area contributed by atoms with E-state index in [1.807, 2.05) is 6.92 Å². The van der Waals surface area contributed by atoms with Crippen molar-refractivity contribution in [2.45, 2.75) is 19.7 Å². The molecule has 0 radical (unpaired) electrons. The molecule has 0 aliphatic carbocycles. The van der Waals surface area contributed by atoms with Crippen LogP contribution < -0.4 is 10.4 Å². The van der Waals surface area contributed by atoms with Crippen molar-refractivity contribution < 1.29 is 27.4 Å². The molecule has 0 saturated carbocycles. The Morgan fingerprint density at radius 3 is 2.74 bits per heavy atom. The van der Waals surface area contributed by atoms with Crippen molar-refractivity contribution in [3.63, 3.8) is 0 Å². The predicted molar refractivity (Wildman–Crippen MR) is 110 cm³/mol. The van der Waals surface area contributed by atoms with Crippen LogP contribution in [0.2, 0.25) is 0 Å². The van der Waals surface area contributed by atoms with E-state index in [1.165, 1.54) is 24.4 Å². The van der Waals surface area contributed by atoms with Crippen molar-refractivity contribution in [1.82, 2.24) is 4.98 Å². The number of hydrogen-bond acceptors (Lipinski definition) is 5. The molecule has 6 nitrogen and oxygen atoms in total. The first-order chi connectivity index (χ1) is 14.7. The highest BCUT2D eigenvalue weighted by Gasteiger charge is 2.31. The fraction of sp³-hybridized carbons (Fsp3) is 0.182. The molecule has 0 spiro atoms. The minimum Gasteiger partial charge on any atom is -0.506 e.